The van der Waals surface area contributed by atoms with Gasteiger partial charge in [0.15, 0.2) is 17.6 Å². The average molecular weight is 725 g/mol. The van der Waals surface area contributed by atoms with E-state index >= 15 is 0 Å². The Morgan fingerprint density at radius 2 is 1.28 bits per heavy atom. The zero-order valence-corrected chi connectivity index (χ0v) is 27.5. The topological polar surface area (TPSA) is 223 Å². The maximum absolute atomic E-state index is 12.9. The second-order valence-corrected chi connectivity index (χ2v) is 11.9. The lowest BCUT2D eigenvalue weighted by Crippen LogP contribution is -2.61. The highest BCUT2D eigenvalue weighted by Crippen LogP contribution is 2.34. The molecule has 272 valence electrons. The fourth-order valence-corrected chi connectivity index (χ4v) is 5.38. The van der Waals surface area contributed by atoms with Gasteiger partial charge < -0.3 is 54.0 Å². The van der Waals surface area contributed by atoms with Crippen LogP contribution >= 0.6 is 0 Å². The smallest absolute Gasteiger partial charge is 0.331 e. The Hall–Kier alpha value is -6.61. The van der Waals surface area contributed by atoms with Gasteiger partial charge in [-0.2, -0.15) is 0 Å². The Labute approximate surface area is 300 Å². The van der Waals surface area contributed by atoms with Crippen LogP contribution in [0.1, 0.15) is 11.1 Å². The number of aromatic hydroxyl groups is 4. The van der Waals surface area contributed by atoms with Crippen molar-refractivity contribution in [3.05, 3.63) is 124 Å². The van der Waals surface area contributed by atoms with Gasteiger partial charge >= 0.3 is 11.9 Å². The number of carbonyl (C=O) groups excluding carboxylic acids is 2. The SMILES string of the molecule is O=C(/C=C/c1ccc(O)cc1)OC[C@H]1O[C@@H](Oc2cc(O)c3c(=O)cc(-c4ccc(O)cc4)oc3c2)[C@H](O)[C@@H](OC(=O)/C=C/c2ccc(O)cc2)[C@@H]1O. The van der Waals surface area contributed by atoms with Gasteiger partial charge in [0.1, 0.15) is 64.3 Å². The Kier molecular flexibility index (Phi) is 10.7. The minimum Gasteiger partial charge on any atom is -0.508 e. The second kappa shape index (κ2) is 15.7. The first kappa shape index (κ1) is 36.2. The molecule has 0 aliphatic carbocycles. The van der Waals surface area contributed by atoms with Crippen molar-refractivity contribution in [3.8, 4) is 40.1 Å². The largest absolute Gasteiger partial charge is 0.508 e. The van der Waals surface area contributed by atoms with E-state index in [1.54, 1.807) is 12.1 Å². The molecule has 53 heavy (non-hydrogen) atoms. The monoisotopic (exact) mass is 724 g/mol. The summed E-state index contributed by atoms with van der Waals surface area (Å²) in [5, 5.41) is 61.6. The first-order valence-corrected chi connectivity index (χ1v) is 16.0. The first-order chi connectivity index (χ1) is 25.4. The van der Waals surface area contributed by atoms with Gasteiger partial charge in [-0.15, -0.1) is 0 Å². The molecule has 1 fully saturated rings. The number of carbonyl (C=O) groups is 2. The van der Waals surface area contributed by atoms with Crippen LogP contribution < -0.4 is 10.2 Å². The molecule has 0 spiro atoms. The number of fused-ring (bicyclic) bond motifs is 1. The summed E-state index contributed by atoms with van der Waals surface area (Å²) in [5.41, 5.74) is 0.892. The van der Waals surface area contributed by atoms with E-state index in [4.69, 9.17) is 23.4 Å². The predicted molar refractivity (Wildman–Crippen MR) is 188 cm³/mol. The lowest BCUT2D eigenvalue weighted by atomic mass is 9.99. The summed E-state index contributed by atoms with van der Waals surface area (Å²) in [7, 11) is 0. The molecule has 5 aromatic rings. The molecule has 5 atom stereocenters. The van der Waals surface area contributed by atoms with Crippen molar-refractivity contribution in [2.24, 2.45) is 0 Å². The van der Waals surface area contributed by atoms with E-state index in [-0.39, 0.29) is 39.7 Å². The summed E-state index contributed by atoms with van der Waals surface area (Å²) in [4.78, 5) is 38.3. The number of aliphatic hydroxyl groups is 2. The van der Waals surface area contributed by atoms with Crippen LogP contribution in [0.5, 0.6) is 28.7 Å². The van der Waals surface area contributed by atoms with Crippen molar-refractivity contribution in [3.63, 3.8) is 0 Å². The van der Waals surface area contributed by atoms with Gasteiger partial charge in [0, 0.05) is 35.9 Å². The molecule has 6 N–H and O–H groups in total. The van der Waals surface area contributed by atoms with E-state index in [0.717, 1.165) is 18.2 Å². The summed E-state index contributed by atoms with van der Waals surface area (Å²) in [6, 6.07) is 21.2. The third-order valence-corrected chi connectivity index (χ3v) is 8.08. The quantitative estimate of drug-likeness (QED) is 0.0886. The highest BCUT2D eigenvalue weighted by atomic mass is 16.7. The van der Waals surface area contributed by atoms with Crippen LogP contribution in [0.4, 0.5) is 0 Å². The lowest BCUT2D eigenvalue weighted by molar-refractivity contribution is -0.281. The van der Waals surface area contributed by atoms with Crippen molar-refractivity contribution in [1.82, 2.24) is 0 Å². The zero-order chi connectivity index (χ0) is 37.6. The van der Waals surface area contributed by atoms with E-state index in [9.17, 15) is 45.0 Å². The van der Waals surface area contributed by atoms with Crippen LogP contribution in [-0.2, 0) is 23.8 Å². The van der Waals surface area contributed by atoms with E-state index in [1.807, 2.05) is 0 Å². The molecular weight excluding hydrogens is 692 g/mol. The summed E-state index contributed by atoms with van der Waals surface area (Å²) < 4.78 is 28.2. The molecule has 2 heterocycles. The molecule has 14 nitrogen and oxygen atoms in total. The molecule has 6 rings (SSSR count). The van der Waals surface area contributed by atoms with Crippen LogP contribution in [0, 0.1) is 0 Å². The van der Waals surface area contributed by atoms with Crippen LogP contribution in [-0.4, -0.2) is 79.9 Å². The third-order valence-electron chi connectivity index (χ3n) is 8.08. The van der Waals surface area contributed by atoms with Crippen LogP contribution in [0.15, 0.2) is 112 Å². The minimum atomic E-state index is -1.84. The number of phenols is 4. The molecule has 0 amide bonds. The predicted octanol–water partition coefficient (Wildman–Crippen LogP) is 3.99. The maximum Gasteiger partial charge on any atom is 0.331 e. The number of aliphatic hydroxyl groups excluding tert-OH is 2. The number of hydrogen-bond acceptors (Lipinski definition) is 14. The van der Waals surface area contributed by atoms with E-state index in [2.05, 4.69) is 0 Å². The summed E-state index contributed by atoms with van der Waals surface area (Å²) in [6.45, 7) is -0.586. The van der Waals surface area contributed by atoms with Crippen LogP contribution in [0.25, 0.3) is 34.4 Å². The fraction of sp³-hybridized carbons (Fsp3) is 0.154. The molecule has 1 aromatic heterocycles. The molecule has 1 saturated heterocycles. The Balaban J connectivity index is 1.24. The lowest BCUT2D eigenvalue weighted by Gasteiger charge is -2.41. The minimum absolute atomic E-state index is 0.00246. The average Bonchev–Trinajstić information content (AvgIpc) is 3.13. The molecule has 0 saturated carbocycles. The number of ether oxygens (including phenoxy) is 4. The third kappa shape index (κ3) is 8.83. The van der Waals surface area contributed by atoms with Gasteiger partial charge in [0.25, 0.3) is 0 Å². The highest BCUT2D eigenvalue weighted by Gasteiger charge is 2.48. The number of phenolic OH excluding ortho intramolecular Hbond substituents is 4. The van der Waals surface area contributed by atoms with Crippen molar-refractivity contribution in [2.45, 2.75) is 30.7 Å². The zero-order valence-electron chi connectivity index (χ0n) is 27.5. The standard InChI is InChI=1S/C39H32O14/c40-24-9-1-21(2-10-24)5-15-33(45)49-20-32-36(47)38(53-34(46)16-6-22-3-11-25(41)12-4-22)37(48)39(52-32)50-27-17-28(43)35-29(44)19-30(51-31(35)18-27)23-7-13-26(42)14-8-23/h1-19,32,36-43,47-48H,20H2/b15-5+,16-6+/t32-,36-,37-,38+,39-/m1/s1. The van der Waals surface area contributed by atoms with Gasteiger partial charge in [-0.3, -0.25) is 4.79 Å². The van der Waals surface area contributed by atoms with Crippen LogP contribution in [0.2, 0.25) is 0 Å². The van der Waals surface area contributed by atoms with E-state index < -0.39 is 60.4 Å². The normalized spacial score (nSPS) is 20.1. The van der Waals surface area contributed by atoms with Gasteiger partial charge in [-0.1, -0.05) is 24.3 Å². The van der Waals surface area contributed by atoms with E-state index in [1.165, 1.54) is 84.9 Å². The first-order valence-electron chi connectivity index (χ1n) is 16.0. The number of rotatable bonds is 10. The highest BCUT2D eigenvalue weighted by molar-refractivity contribution is 5.88. The molecule has 0 unspecified atom stereocenters. The van der Waals surface area contributed by atoms with Crippen molar-refractivity contribution in [1.29, 1.82) is 0 Å². The molecule has 0 radical (unpaired) electrons. The molecule has 14 heteroatoms. The Morgan fingerprint density at radius 3 is 1.89 bits per heavy atom. The maximum atomic E-state index is 12.9. The second-order valence-electron chi connectivity index (χ2n) is 11.9. The van der Waals surface area contributed by atoms with Gasteiger partial charge in [-0.05, 0) is 71.8 Å². The van der Waals surface area contributed by atoms with Crippen molar-refractivity contribution in [2.75, 3.05) is 6.61 Å². The van der Waals surface area contributed by atoms with E-state index in [0.29, 0.717) is 16.7 Å². The number of hydrogen-bond donors (Lipinski definition) is 6. The van der Waals surface area contributed by atoms with Crippen molar-refractivity contribution < 1.29 is 63.6 Å². The summed E-state index contributed by atoms with van der Waals surface area (Å²) in [6.07, 6.45) is -3.42. The fourth-order valence-electron chi connectivity index (χ4n) is 5.38. The number of esters is 2. The Bertz CT molecular complexity index is 2210. The number of benzene rings is 4. The Morgan fingerprint density at radius 1 is 0.717 bits per heavy atom. The van der Waals surface area contributed by atoms with Gasteiger partial charge in [-0.25, -0.2) is 9.59 Å². The molecular formula is C39H32O14. The molecule has 1 aliphatic heterocycles. The van der Waals surface area contributed by atoms with Gasteiger partial charge in [0.05, 0.1) is 0 Å². The summed E-state index contributed by atoms with van der Waals surface area (Å²) >= 11 is 0. The summed E-state index contributed by atoms with van der Waals surface area (Å²) in [5.74, 6) is -2.31. The molecule has 0 bridgehead atoms. The molecule has 1 aliphatic rings. The van der Waals surface area contributed by atoms with Crippen LogP contribution in [0.3, 0.4) is 0 Å². The van der Waals surface area contributed by atoms with Crippen molar-refractivity contribution >= 4 is 35.1 Å². The molecule has 4 aromatic carbocycles. The van der Waals surface area contributed by atoms with Gasteiger partial charge in [0.2, 0.25) is 6.29 Å².